The lowest BCUT2D eigenvalue weighted by atomic mass is 9.78. The van der Waals surface area contributed by atoms with E-state index in [9.17, 15) is 9.18 Å². The van der Waals surface area contributed by atoms with Gasteiger partial charge in [-0.1, -0.05) is 32.4 Å². The molecule has 2 rings (SSSR count). The van der Waals surface area contributed by atoms with E-state index < -0.39 is 5.82 Å². The third-order valence-electron chi connectivity index (χ3n) is 4.27. The highest BCUT2D eigenvalue weighted by Crippen LogP contribution is 2.43. The van der Waals surface area contributed by atoms with Gasteiger partial charge in [0.1, 0.15) is 5.78 Å². The molecule has 1 saturated carbocycles. The molecule has 0 aliphatic heterocycles. The highest BCUT2D eigenvalue weighted by molar-refractivity contribution is 5.84. The quantitative estimate of drug-likeness (QED) is 0.827. The molecular weight excluding hydrogens is 243 g/mol. The molecule has 1 unspecified atom stereocenters. The zero-order valence-corrected chi connectivity index (χ0v) is 11.8. The third-order valence-corrected chi connectivity index (χ3v) is 4.27. The van der Waals surface area contributed by atoms with Crippen LogP contribution in [0.1, 0.15) is 38.7 Å². The van der Waals surface area contributed by atoms with Crippen LogP contribution in [-0.2, 0) is 11.2 Å². The van der Waals surface area contributed by atoms with Crippen molar-refractivity contribution in [3.8, 4) is 5.75 Å². The number of carbonyl (C=O) groups is 1. The summed E-state index contributed by atoms with van der Waals surface area (Å²) in [6, 6.07) is 4.96. The molecule has 19 heavy (non-hydrogen) atoms. The molecule has 104 valence electrons. The standard InChI is InChI=1S/C16H21FO2/c1-16(2)9-5-7-12(16)13(18)10-11-6-4-8-14(19-3)15(11)17/h4,6,8,12H,5,7,9-10H2,1-3H3. The van der Waals surface area contributed by atoms with Gasteiger partial charge in [0.2, 0.25) is 0 Å². The zero-order valence-electron chi connectivity index (χ0n) is 11.8. The van der Waals surface area contributed by atoms with Crippen molar-refractivity contribution < 1.29 is 13.9 Å². The van der Waals surface area contributed by atoms with Gasteiger partial charge in [-0.2, -0.15) is 0 Å². The minimum absolute atomic E-state index is 0.0480. The molecule has 1 aliphatic carbocycles. The molecule has 0 N–H and O–H groups in total. The van der Waals surface area contributed by atoms with Gasteiger partial charge in [-0.05, 0) is 29.9 Å². The number of ether oxygens (including phenoxy) is 1. The molecule has 0 spiro atoms. The number of carbonyl (C=O) groups excluding carboxylic acids is 1. The Morgan fingerprint density at radius 3 is 2.79 bits per heavy atom. The van der Waals surface area contributed by atoms with E-state index in [0.29, 0.717) is 5.56 Å². The maximum atomic E-state index is 14.0. The van der Waals surface area contributed by atoms with Crippen LogP contribution >= 0.6 is 0 Å². The lowest BCUT2D eigenvalue weighted by Gasteiger charge is -2.25. The first-order chi connectivity index (χ1) is 8.95. The number of Topliss-reactive ketones (excluding diaryl/α,β-unsaturated/α-hetero) is 1. The lowest BCUT2D eigenvalue weighted by Crippen LogP contribution is -2.27. The van der Waals surface area contributed by atoms with Gasteiger partial charge in [-0.25, -0.2) is 4.39 Å². The molecule has 0 amide bonds. The fourth-order valence-corrected chi connectivity index (χ4v) is 3.08. The van der Waals surface area contributed by atoms with Crippen LogP contribution in [0.3, 0.4) is 0 Å². The monoisotopic (exact) mass is 264 g/mol. The summed E-state index contributed by atoms with van der Waals surface area (Å²) < 4.78 is 19.0. The van der Waals surface area contributed by atoms with Crippen molar-refractivity contribution in [1.29, 1.82) is 0 Å². The van der Waals surface area contributed by atoms with Gasteiger partial charge in [0.25, 0.3) is 0 Å². The van der Waals surface area contributed by atoms with Gasteiger partial charge in [0, 0.05) is 12.3 Å². The Kier molecular flexibility index (Phi) is 3.93. The molecule has 0 radical (unpaired) electrons. The number of halogens is 1. The van der Waals surface area contributed by atoms with Crippen LogP contribution in [0.5, 0.6) is 5.75 Å². The Morgan fingerprint density at radius 1 is 1.47 bits per heavy atom. The van der Waals surface area contributed by atoms with Crippen LogP contribution < -0.4 is 4.74 Å². The van der Waals surface area contributed by atoms with Crippen molar-refractivity contribution in [2.24, 2.45) is 11.3 Å². The Hall–Kier alpha value is -1.38. The first-order valence-corrected chi connectivity index (χ1v) is 6.80. The number of hydrogen-bond donors (Lipinski definition) is 0. The minimum Gasteiger partial charge on any atom is -0.494 e. The van der Waals surface area contributed by atoms with E-state index in [1.807, 2.05) is 0 Å². The van der Waals surface area contributed by atoms with Crippen LogP contribution in [0.2, 0.25) is 0 Å². The molecule has 2 nitrogen and oxygen atoms in total. The lowest BCUT2D eigenvalue weighted by molar-refractivity contribution is -0.124. The van der Waals surface area contributed by atoms with Gasteiger partial charge in [0.15, 0.2) is 11.6 Å². The third kappa shape index (κ3) is 2.80. The molecular formula is C16H21FO2. The van der Waals surface area contributed by atoms with Crippen LogP contribution in [-0.4, -0.2) is 12.9 Å². The van der Waals surface area contributed by atoms with Gasteiger partial charge in [-0.3, -0.25) is 4.79 Å². The average molecular weight is 264 g/mol. The molecule has 1 fully saturated rings. The molecule has 0 saturated heterocycles. The van der Waals surface area contributed by atoms with Crippen LogP contribution in [0.25, 0.3) is 0 Å². The molecule has 3 heteroatoms. The topological polar surface area (TPSA) is 26.3 Å². The summed E-state index contributed by atoms with van der Waals surface area (Å²) in [7, 11) is 1.43. The largest absolute Gasteiger partial charge is 0.494 e. The second-order valence-corrected chi connectivity index (χ2v) is 6.01. The fourth-order valence-electron chi connectivity index (χ4n) is 3.08. The SMILES string of the molecule is COc1cccc(CC(=O)C2CCCC2(C)C)c1F. The summed E-state index contributed by atoms with van der Waals surface area (Å²) in [5.74, 6) is -0.00195. The Labute approximate surface area is 114 Å². The summed E-state index contributed by atoms with van der Waals surface area (Å²) in [4.78, 5) is 12.4. The molecule has 1 aromatic rings. The number of ketones is 1. The second kappa shape index (κ2) is 5.32. The summed E-state index contributed by atoms with van der Waals surface area (Å²) in [6.45, 7) is 4.26. The van der Waals surface area contributed by atoms with Gasteiger partial charge in [-0.15, -0.1) is 0 Å². The molecule has 1 aromatic carbocycles. The van der Waals surface area contributed by atoms with Crippen molar-refractivity contribution in [1.82, 2.24) is 0 Å². The average Bonchev–Trinajstić information content (AvgIpc) is 2.71. The summed E-state index contributed by atoms with van der Waals surface area (Å²) in [5.41, 5.74) is 0.485. The predicted molar refractivity (Wildman–Crippen MR) is 72.8 cm³/mol. The maximum absolute atomic E-state index is 14.0. The first-order valence-electron chi connectivity index (χ1n) is 6.80. The Balaban J connectivity index is 2.16. The number of benzene rings is 1. The molecule has 1 atom stereocenters. The highest BCUT2D eigenvalue weighted by Gasteiger charge is 2.38. The van der Waals surface area contributed by atoms with E-state index in [0.717, 1.165) is 19.3 Å². The number of methoxy groups -OCH3 is 1. The molecule has 0 heterocycles. The zero-order chi connectivity index (χ0) is 14.0. The normalized spacial score (nSPS) is 21.4. The van der Waals surface area contributed by atoms with E-state index in [4.69, 9.17) is 4.74 Å². The first kappa shape index (κ1) is 14.0. The van der Waals surface area contributed by atoms with Gasteiger partial charge < -0.3 is 4.74 Å². The van der Waals surface area contributed by atoms with Crippen molar-refractivity contribution in [2.45, 2.75) is 39.5 Å². The van der Waals surface area contributed by atoms with Crippen LogP contribution in [0.4, 0.5) is 4.39 Å². The summed E-state index contributed by atoms with van der Waals surface area (Å²) in [6.07, 6.45) is 3.25. The highest BCUT2D eigenvalue weighted by atomic mass is 19.1. The molecule has 0 aromatic heterocycles. The van der Waals surface area contributed by atoms with Crippen molar-refractivity contribution in [3.63, 3.8) is 0 Å². The van der Waals surface area contributed by atoms with E-state index in [1.54, 1.807) is 18.2 Å². The van der Waals surface area contributed by atoms with E-state index in [1.165, 1.54) is 7.11 Å². The minimum atomic E-state index is -0.408. The van der Waals surface area contributed by atoms with Crippen LogP contribution in [0, 0.1) is 17.2 Å². The van der Waals surface area contributed by atoms with Crippen LogP contribution in [0.15, 0.2) is 18.2 Å². The maximum Gasteiger partial charge on any atom is 0.168 e. The van der Waals surface area contributed by atoms with E-state index >= 15 is 0 Å². The summed E-state index contributed by atoms with van der Waals surface area (Å²) >= 11 is 0. The van der Waals surface area contributed by atoms with Crippen molar-refractivity contribution in [2.75, 3.05) is 7.11 Å². The predicted octanol–water partition coefficient (Wildman–Crippen LogP) is 3.77. The molecule has 0 bridgehead atoms. The fraction of sp³-hybridized carbons (Fsp3) is 0.562. The Bertz CT molecular complexity index is 480. The summed E-state index contributed by atoms with van der Waals surface area (Å²) in [5, 5.41) is 0. The number of hydrogen-bond acceptors (Lipinski definition) is 2. The molecule has 1 aliphatic rings. The van der Waals surface area contributed by atoms with Gasteiger partial charge >= 0.3 is 0 Å². The second-order valence-electron chi connectivity index (χ2n) is 6.01. The van der Waals surface area contributed by atoms with E-state index in [-0.39, 0.29) is 29.3 Å². The van der Waals surface area contributed by atoms with E-state index in [2.05, 4.69) is 13.8 Å². The smallest absolute Gasteiger partial charge is 0.168 e. The van der Waals surface area contributed by atoms with Crippen molar-refractivity contribution >= 4 is 5.78 Å². The van der Waals surface area contributed by atoms with Gasteiger partial charge in [0.05, 0.1) is 7.11 Å². The Morgan fingerprint density at radius 2 is 2.21 bits per heavy atom. The number of rotatable bonds is 4. The van der Waals surface area contributed by atoms with Crippen molar-refractivity contribution in [3.05, 3.63) is 29.6 Å².